The fraction of sp³-hybridized carbons (Fsp3) is 0.900. The van der Waals surface area contributed by atoms with Gasteiger partial charge in [0.15, 0.2) is 0 Å². The van der Waals surface area contributed by atoms with E-state index in [0.29, 0.717) is 35.8 Å². The van der Waals surface area contributed by atoms with Crippen LogP contribution in [-0.4, -0.2) is 68.7 Å². The van der Waals surface area contributed by atoms with Crippen molar-refractivity contribution < 1.29 is 0 Å². The molecule has 4 unspecified atom stereocenters. The van der Waals surface area contributed by atoms with Gasteiger partial charge in [0.05, 0.1) is 11.7 Å². The van der Waals surface area contributed by atoms with Crippen molar-refractivity contribution in [2.75, 3.05) is 0 Å². The molecule has 146 valence electrons. The molecule has 0 aromatic heterocycles. The van der Waals surface area contributed by atoms with E-state index in [-0.39, 0.29) is 23.1 Å². The first-order valence-corrected chi connectivity index (χ1v) is 9.75. The molecule has 0 saturated carbocycles. The quantitative estimate of drug-likeness (QED) is 0.345. The molecule has 0 aliphatic rings. The van der Waals surface area contributed by atoms with Gasteiger partial charge in [0.1, 0.15) is 0 Å². The number of nitrogens with one attached hydrogen (secondary N) is 2. The maximum absolute atomic E-state index is 7.64. The molecular formula is C20H44MgN4. The van der Waals surface area contributed by atoms with Crippen molar-refractivity contribution in [3.8, 4) is 0 Å². The smallest absolute Gasteiger partial charge is 0.0930 e. The minimum absolute atomic E-state index is 0. The molecule has 0 heterocycles. The van der Waals surface area contributed by atoms with Crippen LogP contribution in [0.15, 0.2) is 0 Å². The van der Waals surface area contributed by atoms with Crippen LogP contribution in [0.5, 0.6) is 0 Å². The predicted molar refractivity (Wildman–Crippen MR) is 115 cm³/mol. The highest BCUT2D eigenvalue weighted by atomic mass is 24.3. The van der Waals surface area contributed by atoms with Gasteiger partial charge in [-0.05, 0) is 67.2 Å². The standard InChI is InChI=1S/2C10H22N2.Mg/c2*1-6-8(3)12(10(5)11)9(4)7-2;/h2*8-9,11H,6-7H2,1-5H3;. The Morgan fingerprint density at radius 2 is 0.760 bits per heavy atom. The summed E-state index contributed by atoms with van der Waals surface area (Å²) < 4.78 is 0. The summed E-state index contributed by atoms with van der Waals surface area (Å²) in [5.41, 5.74) is 0. The largest absolute Gasteiger partial charge is 0.355 e. The molecule has 0 fully saturated rings. The van der Waals surface area contributed by atoms with Crippen LogP contribution in [0.2, 0.25) is 0 Å². The topological polar surface area (TPSA) is 54.2 Å². The van der Waals surface area contributed by atoms with Crippen molar-refractivity contribution in [3.05, 3.63) is 0 Å². The van der Waals surface area contributed by atoms with Crippen molar-refractivity contribution in [2.24, 2.45) is 0 Å². The van der Waals surface area contributed by atoms with Crippen LogP contribution in [0.1, 0.15) is 94.9 Å². The van der Waals surface area contributed by atoms with Gasteiger partial charge < -0.3 is 9.80 Å². The molecule has 0 saturated heterocycles. The van der Waals surface area contributed by atoms with Crippen molar-refractivity contribution in [1.82, 2.24) is 9.80 Å². The molecule has 0 aliphatic carbocycles. The summed E-state index contributed by atoms with van der Waals surface area (Å²) in [6.45, 7) is 21.2. The van der Waals surface area contributed by atoms with Gasteiger partial charge in [-0.3, -0.25) is 10.8 Å². The second-order valence-corrected chi connectivity index (χ2v) is 7.01. The summed E-state index contributed by atoms with van der Waals surface area (Å²) in [6.07, 6.45) is 4.45. The summed E-state index contributed by atoms with van der Waals surface area (Å²) in [7, 11) is 0. The second kappa shape index (κ2) is 15.9. The van der Waals surface area contributed by atoms with Gasteiger partial charge in [0.25, 0.3) is 0 Å². The molecule has 0 aromatic rings. The molecular weight excluding hydrogens is 321 g/mol. The Bertz CT molecular complexity index is 306. The molecule has 0 aliphatic heterocycles. The van der Waals surface area contributed by atoms with Crippen LogP contribution < -0.4 is 0 Å². The van der Waals surface area contributed by atoms with Gasteiger partial charge in [-0.25, -0.2) is 0 Å². The molecule has 5 heteroatoms. The van der Waals surface area contributed by atoms with Crippen LogP contribution in [-0.2, 0) is 0 Å². The molecule has 0 aromatic carbocycles. The first-order valence-electron chi connectivity index (χ1n) is 9.75. The Labute approximate surface area is 174 Å². The van der Waals surface area contributed by atoms with Crippen molar-refractivity contribution in [3.63, 3.8) is 0 Å². The zero-order valence-corrected chi connectivity index (χ0v) is 20.2. The van der Waals surface area contributed by atoms with E-state index in [1.165, 1.54) is 0 Å². The minimum atomic E-state index is 0. The van der Waals surface area contributed by atoms with E-state index in [0.717, 1.165) is 25.7 Å². The third-order valence-corrected chi connectivity index (χ3v) is 5.04. The number of amidine groups is 2. The lowest BCUT2D eigenvalue weighted by molar-refractivity contribution is 0.247. The van der Waals surface area contributed by atoms with Crippen LogP contribution in [0, 0.1) is 10.8 Å². The van der Waals surface area contributed by atoms with E-state index in [4.69, 9.17) is 10.8 Å². The first kappa shape index (κ1) is 29.5. The maximum Gasteiger partial charge on any atom is 0.0930 e. The van der Waals surface area contributed by atoms with E-state index in [1.54, 1.807) is 0 Å². The van der Waals surface area contributed by atoms with Crippen LogP contribution >= 0.6 is 0 Å². The van der Waals surface area contributed by atoms with Crippen molar-refractivity contribution in [2.45, 2.75) is 119 Å². The van der Waals surface area contributed by atoms with Gasteiger partial charge >= 0.3 is 0 Å². The van der Waals surface area contributed by atoms with Crippen LogP contribution in [0.3, 0.4) is 0 Å². The number of nitrogens with zero attached hydrogens (tertiary/aromatic N) is 2. The van der Waals surface area contributed by atoms with E-state index in [1.807, 2.05) is 13.8 Å². The fourth-order valence-electron chi connectivity index (χ4n) is 2.98. The molecule has 4 atom stereocenters. The molecule has 0 amide bonds. The SMILES string of the molecule is CCC(C)N(C(C)=N)C(C)CC.CCC(C)N(C(C)=N)C(C)CC.[Mg]. The fourth-order valence-corrected chi connectivity index (χ4v) is 2.98. The Kier molecular flexibility index (Phi) is 18.8. The Hall–Kier alpha value is -0.294. The highest BCUT2D eigenvalue weighted by Gasteiger charge is 2.18. The highest BCUT2D eigenvalue weighted by molar-refractivity contribution is 5.77. The van der Waals surface area contributed by atoms with E-state index < -0.39 is 0 Å². The lowest BCUT2D eigenvalue weighted by Crippen LogP contribution is -2.42. The van der Waals surface area contributed by atoms with Gasteiger partial charge in [0, 0.05) is 47.2 Å². The normalized spacial score (nSPS) is 14.8. The third kappa shape index (κ3) is 11.1. The van der Waals surface area contributed by atoms with Gasteiger partial charge in [-0.1, -0.05) is 27.7 Å². The van der Waals surface area contributed by atoms with Crippen LogP contribution in [0.4, 0.5) is 0 Å². The molecule has 2 N–H and O–H groups in total. The lowest BCUT2D eigenvalue weighted by atomic mass is 10.1. The van der Waals surface area contributed by atoms with E-state index in [9.17, 15) is 0 Å². The summed E-state index contributed by atoms with van der Waals surface area (Å²) >= 11 is 0. The summed E-state index contributed by atoms with van der Waals surface area (Å²) in [6, 6.07) is 1.99. The predicted octanol–water partition coefficient (Wildman–Crippen LogP) is 5.38. The monoisotopic (exact) mass is 364 g/mol. The maximum atomic E-state index is 7.64. The van der Waals surface area contributed by atoms with Gasteiger partial charge in [-0.2, -0.15) is 0 Å². The van der Waals surface area contributed by atoms with Crippen LogP contribution in [0.25, 0.3) is 0 Å². The first-order chi connectivity index (χ1) is 11.1. The van der Waals surface area contributed by atoms with Gasteiger partial charge in [-0.15, -0.1) is 0 Å². The molecule has 2 radical (unpaired) electrons. The summed E-state index contributed by atoms with van der Waals surface area (Å²) in [5, 5.41) is 15.3. The average Bonchev–Trinajstić information content (AvgIpc) is 2.53. The summed E-state index contributed by atoms with van der Waals surface area (Å²) in [4.78, 5) is 4.39. The molecule has 4 nitrogen and oxygen atoms in total. The van der Waals surface area contributed by atoms with Gasteiger partial charge in [0.2, 0.25) is 0 Å². The van der Waals surface area contributed by atoms with E-state index in [2.05, 4.69) is 65.2 Å². The lowest BCUT2D eigenvalue weighted by Gasteiger charge is -2.34. The average molecular weight is 365 g/mol. The number of hydrogen-bond acceptors (Lipinski definition) is 2. The molecule has 25 heavy (non-hydrogen) atoms. The molecule has 0 spiro atoms. The zero-order valence-electron chi connectivity index (χ0n) is 18.7. The Morgan fingerprint density at radius 1 is 0.600 bits per heavy atom. The highest BCUT2D eigenvalue weighted by Crippen LogP contribution is 2.12. The van der Waals surface area contributed by atoms with Crippen molar-refractivity contribution >= 4 is 34.7 Å². The minimum Gasteiger partial charge on any atom is -0.355 e. The summed E-state index contributed by atoms with van der Waals surface area (Å²) in [5.74, 6) is 1.39. The number of hydrogen-bond donors (Lipinski definition) is 2. The van der Waals surface area contributed by atoms with Crippen molar-refractivity contribution in [1.29, 1.82) is 10.8 Å². The zero-order chi connectivity index (χ0) is 19.4. The molecule has 0 bridgehead atoms. The number of rotatable bonds is 8. The third-order valence-electron chi connectivity index (χ3n) is 5.04. The second-order valence-electron chi connectivity index (χ2n) is 7.01. The Morgan fingerprint density at radius 3 is 0.840 bits per heavy atom. The Balaban J connectivity index is -0.000000372. The molecule has 0 rings (SSSR count). The van der Waals surface area contributed by atoms with E-state index >= 15 is 0 Å².